The maximum atomic E-state index is 12.5. The second-order valence-electron chi connectivity index (χ2n) is 7.65. The molecule has 134 valence electrons. The third-order valence-electron chi connectivity index (χ3n) is 4.92. The van der Waals surface area contributed by atoms with Crippen LogP contribution >= 0.6 is 12.4 Å². The van der Waals surface area contributed by atoms with Crippen LogP contribution in [0.25, 0.3) is 0 Å². The largest absolute Gasteiger partial charge is 0.332 e. The molecule has 0 aromatic heterocycles. The van der Waals surface area contributed by atoms with Gasteiger partial charge in [0.25, 0.3) is 0 Å². The van der Waals surface area contributed by atoms with Gasteiger partial charge in [0.1, 0.15) is 0 Å². The highest BCUT2D eigenvalue weighted by Crippen LogP contribution is 2.25. The minimum absolute atomic E-state index is 0. The van der Waals surface area contributed by atoms with Crippen LogP contribution in [0.15, 0.2) is 0 Å². The molecule has 2 rings (SSSR count). The summed E-state index contributed by atoms with van der Waals surface area (Å²) < 4.78 is 0. The highest BCUT2D eigenvalue weighted by atomic mass is 35.5. The molecule has 0 unspecified atom stereocenters. The average molecular weight is 346 g/mol. The fourth-order valence-corrected chi connectivity index (χ4v) is 4.00. The monoisotopic (exact) mass is 345 g/mol. The molecule has 0 atom stereocenters. The van der Waals surface area contributed by atoms with Gasteiger partial charge in [0.05, 0.1) is 12.1 Å². The summed E-state index contributed by atoms with van der Waals surface area (Å²) in [4.78, 5) is 28.6. The Morgan fingerprint density at radius 1 is 1.30 bits per heavy atom. The van der Waals surface area contributed by atoms with Crippen molar-refractivity contribution in [3.63, 3.8) is 0 Å². The van der Waals surface area contributed by atoms with Gasteiger partial charge in [-0.2, -0.15) is 0 Å². The van der Waals surface area contributed by atoms with Gasteiger partial charge in [-0.05, 0) is 66.0 Å². The first-order chi connectivity index (χ1) is 10.3. The molecule has 2 amide bonds. The smallest absolute Gasteiger partial charge is 0.242 e. The number of halogens is 1. The molecular weight excluding hydrogens is 314 g/mol. The van der Waals surface area contributed by atoms with Crippen LogP contribution < -0.4 is 5.32 Å². The molecule has 0 aromatic carbocycles. The zero-order valence-electron chi connectivity index (χ0n) is 14.9. The third-order valence-corrected chi connectivity index (χ3v) is 4.92. The molecule has 0 bridgehead atoms. The molecule has 23 heavy (non-hydrogen) atoms. The summed E-state index contributed by atoms with van der Waals surface area (Å²) in [7, 11) is 0. The van der Waals surface area contributed by atoms with E-state index < -0.39 is 0 Å². The zero-order chi connectivity index (χ0) is 16.3. The Morgan fingerprint density at radius 3 is 2.43 bits per heavy atom. The standard InChI is InChI=1S/C17H31N3O2.ClH/c1-13(2)20-16(22)11-19(12-17(20,3)4)15(21)6-5-14-7-9-18-10-8-14;/h13-14,18H,5-12H2,1-4H3;1H. The number of rotatable bonds is 4. The summed E-state index contributed by atoms with van der Waals surface area (Å²) in [5.41, 5.74) is -0.284. The predicted molar refractivity (Wildman–Crippen MR) is 94.7 cm³/mol. The first-order valence-electron chi connectivity index (χ1n) is 8.62. The van der Waals surface area contributed by atoms with Crippen LogP contribution in [-0.2, 0) is 9.59 Å². The molecule has 0 radical (unpaired) electrons. The Labute approximate surface area is 146 Å². The van der Waals surface area contributed by atoms with Crippen molar-refractivity contribution in [3.8, 4) is 0 Å². The van der Waals surface area contributed by atoms with E-state index >= 15 is 0 Å². The molecule has 6 heteroatoms. The van der Waals surface area contributed by atoms with E-state index in [2.05, 4.69) is 19.2 Å². The van der Waals surface area contributed by atoms with Crippen LogP contribution in [0.4, 0.5) is 0 Å². The summed E-state index contributed by atoms with van der Waals surface area (Å²) in [5.74, 6) is 0.871. The SMILES string of the molecule is CC(C)N1C(=O)CN(C(=O)CCC2CCNCC2)CC1(C)C.Cl. The molecule has 2 heterocycles. The average Bonchev–Trinajstić information content (AvgIpc) is 2.43. The third kappa shape index (κ3) is 5.08. The lowest BCUT2D eigenvalue weighted by Gasteiger charge is -2.49. The van der Waals surface area contributed by atoms with Gasteiger partial charge in [-0.3, -0.25) is 9.59 Å². The summed E-state index contributed by atoms with van der Waals surface area (Å²) >= 11 is 0. The Balaban J connectivity index is 0.00000264. The quantitative estimate of drug-likeness (QED) is 0.848. The highest BCUT2D eigenvalue weighted by molar-refractivity contribution is 5.87. The van der Waals surface area contributed by atoms with E-state index in [1.165, 1.54) is 12.8 Å². The van der Waals surface area contributed by atoms with Crippen LogP contribution in [-0.4, -0.2) is 59.4 Å². The van der Waals surface area contributed by atoms with E-state index in [-0.39, 0.29) is 42.3 Å². The Bertz CT molecular complexity index is 420. The number of nitrogens with zero attached hydrogens (tertiary/aromatic N) is 2. The Kier molecular flexibility index (Phi) is 7.33. The minimum Gasteiger partial charge on any atom is -0.332 e. The fourth-order valence-electron chi connectivity index (χ4n) is 4.00. The van der Waals surface area contributed by atoms with E-state index in [1.807, 2.05) is 18.7 Å². The van der Waals surface area contributed by atoms with E-state index in [9.17, 15) is 9.59 Å². The van der Waals surface area contributed by atoms with Crippen molar-refractivity contribution < 1.29 is 9.59 Å². The van der Waals surface area contributed by atoms with Gasteiger partial charge in [-0.1, -0.05) is 0 Å². The molecule has 5 nitrogen and oxygen atoms in total. The number of piperazine rings is 1. The molecule has 2 fully saturated rings. The molecule has 0 aliphatic carbocycles. The van der Waals surface area contributed by atoms with Gasteiger partial charge < -0.3 is 15.1 Å². The van der Waals surface area contributed by atoms with Crippen LogP contribution in [0.5, 0.6) is 0 Å². The van der Waals surface area contributed by atoms with Gasteiger partial charge >= 0.3 is 0 Å². The summed E-state index contributed by atoms with van der Waals surface area (Å²) in [6.45, 7) is 11.2. The number of hydrogen-bond donors (Lipinski definition) is 1. The van der Waals surface area contributed by atoms with Crippen LogP contribution in [0, 0.1) is 5.92 Å². The van der Waals surface area contributed by atoms with Gasteiger partial charge in [0.15, 0.2) is 0 Å². The lowest BCUT2D eigenvalue weighted by molar-refractivity contribution is -0.155. The van der Waals surface area contributed by atoms with Crippen molar-refractivity contribution in [2.45, 2.75) is 65.0 Å². The second kappa shape index (κ2) is 8.34. The van der Waals surface area contributed by atoms with Crippen molar-refractivity contribution in [2.24, 2.45) is 5.92 Å². The van der Waals surface area contributed by atoms with Crippen molar-refractivity contribution in [3.05, 3.63) is 0 Å². The van der Waals surface area contributed by atoms with Crippen LogP contribution in [0.3, 0.4) is 0 Å². The van der Waals surface area contributed by atoms with Gasteiger partial charge in [0, 0.05) is 19.0 Å². The molecule has 2 aliphatic heterocycles. The van der Waals surface area contributed by atoms with Gasteiger partial charge in [-0.15, -0.1) is 12.4 Å². The lowest BCUT2D eigenvalue weighted by Crippen LogP contribution is -2.64. The predicted octanol–water partition coefficient (Wildman–Crippen LogP) is 2.05. The summed E-state index contributed by atoms with van der Waals surface area (Å²) in [6.07, 6.45) is 3.87. The van der Waals surface area contributed by atoms with Gasteiger partial charge in [-0.25, -0.2) is 0 Å². The fraction of sp³-hybridized carbons (Fsp3) is 0.882. The Morgan fingerprint density at radius 2 is 1.91 bits per heavy atom. The maximum Gasteiger partial charge on any atom is 0.242 e. The van der Waals surface area contributed by atoms with Crippen LogP contribution in [0.2, 0.25) is 0 Å². The van der Waals surface area contributed by atoms with Crippen molar-refractivity contribution >= 4 is 24.2 Å². The van der Waals surface area contributed by atoms with E-state index in [0.29, 0.717) is 18.9 Å². The zero-order valence-corrected chi connectivity index (χ0v) is 15.7. The molecule has 1 N–H and O–H groups in total. The first kappa shape index (κ1) is 20.2. The molecule has 2 saturated heterocycles. The number of carbonyl (C=O) groups excluding carboxylic acids is 2. The molecule has 0 spiro atoms. The first-order valence-corrected chi connectivity index (χ1v) is 8.62. The number of nitrogens with one attached hydrogen (secondary N) is 1. The number of piperidine rings is 1. The van der Waals surface area contributed by atoms with Crippen LogP contribution in [0.1, 0.15) is 53.4 Å². The molecule has 0 aromatic rings. The summed E-state index contributed by atoms with van der Waals surface area (Å²) in [5, 5.41) is 3.35. The Hall–Kier alpha value is -0.810. The number of amides is 2. The lowest BCUT2D eigenvalue weighted by atomic mass is 9.92. The topological polar surface area (TPSA) is 52.7 Å². The molecule has 0 saturated carbocycles. The number of carbonyl (C=O) groups is 2. The maximum absolute atomic E-state index is 12.5. The van der Waals surface area contributed by atoms with Crippen molar-refractivity contribution in [1.29, 1.82) is 0 Å². The van der Waals surface area contributed by atoms with Crippen molar-refractivity contribution in [2.75, 3.05) is 26.2 Å². The van der Waals surface area contributed by atoms with E-state index in [1.54, 1.807) is 4.90 Å². The van der Waals surface area contributed by atoms with E-state index in [4.69, 9.17) is 0 Å². The number of hydrogen-bond acceptors (Lipinski definition) is 3. The minimum atomic E-state index is -0.284. The van der Waals surface area contributed by atoms with Crippen molar-refractivity contribution in [1.82, 2.24) is 15.1 Å². The normalized spacial score (nSPS) is 22.2. The summed E-state index contributed by atoms with van der Waals surface area (Å²) in [6, 6.07) is 0.175. The van der Waals surface area contributed by atoms with Gasteiger partial charge in [0.2, 0.25) is 11.8 Å². The molecular formula is C17H32ClN3O2. The molecule has 2 aliphatic rings. The second-order valence-corrected chi connectivity index (χ2v) is 7.65. The van der Waals surface area contributed by atoms with E-state index in [0.717, 1.165) is 19.5 Å². The highest BCUT2D eigenvalue weighted by Gasteiger charge is 2.41.